The van der Waals surface area contributed by atoms with E-state index in [9.17, 15) is 18.4 Å². The van der Waals surface area contributed by atoms with Gasteiger partial charge in [-0.25, -0.2) is 4.39 Å². The van der Waals surface area contributed by atoms with Crippen molar-refractivity contribution in [3.63, 3.8) is 0 Å². The Morgan fingerprint density at radius 2 is 1.90 bits per heavy atom. The SMILES string of the molecule is COc1c([C@H]2[C@H](C(=O)Nc3ccnc(C(C)=O)c3C)OC(C)(C)[C@H]2C)ccc(F)c1F. The number of nitrogens with zero attached hydrogens (tertiary/aromatic N) is 1. The molecule has 0 spiro atoms. The van der Waals surface area contributed by atoms with Crippen LogP contribution in [0.1, 0.15) is 55.2 Å². The van der Waals surface area contributed by atoms with Gasteiger partial charge in [-0.15, -0.1) is 0 Å². The number of halogens is 2. The number of carbonyl (C=O) groups is 2. The lowest BCUT2D eigenvalue weighted by Crippen LogP contribution is -2.33. The number of methoxy groups -OCH3 is 1. The molecule has 1 fully saturated rings. The van der Waals surface area contributed by atoms with Gasteiger partial charge in [-0.1, -0.05) is 13.0 Å². The summed E-state index contributed by atoms with van der Waals surface area (Å²) in [6.07, 6.45) is 0.453. The normalized spacial score (nSPS) is 22.3. The molecule has 0 unspecified atom stereocenters. The van der Waals surface area contributed by atoms with E-state index in [0.29, 0.717) is 16.8 Å². The number of ketones is 1. The Bertz CT molecular complexity index is 1040. The summed E-state index contributed by atoms with van der Waals surface area (Å²) in [4.78, 5) is 29.1. The molecule has 2 aromatic rings. The van der Waals surface area contributed by atoms with Gasteiger partial charge in [-0.2, -0.15) is 4.39 Å². The number of carbonyl (C=O) groups excluding carboxylic acids is 2. The monoisotopic (exact) mass is 432 g/mol. The van der Waals surface area contributed by atoms with Crippen LogP contribution in [-0.2, 0) is 9.53 Å². The number of benzene rings is 1. The summed E-state index contributed by atoms with van der Waals surface area (Å²) in [5.74, 6) is -3.86. The second-order valence-corrected chi connectivity index (χ2v) is 8.32. The predicted octanol–water partition coefficient (Wildman–Crippen LogP) is 4.42. The van der Waals surface area contributed by atoms with E-state index in [1.807, 2.05) is 20.8 Å². The van der Waals surface area contributed by atoms with Crippen LogP contribution in [0.25, 0.3) is 0 Å². The van der Waals surface area contributed by atoms with E-state index in [1.54, 1.807) is 13.0 Å². The minimum Gasteiger partial charge on any atom is -0.493 e. The van der Waals surface area contributed by atoms with Gasteiger partial charge in [0.05, 0.1) is 12.7 Å². The van der Waals surface area contributed by atoms with E-state index in [-0.39, 0.29) is 23.1 Å². The van der Waals surface area contributed by atoms with Gasteiger partial charge >= 0.3 is 0 Å². The molecule has 6 nitrogen and oxygen atoms in total. The van der Waals surface area contributed by atoms with Gasteiger partial charge in [0.25, 0.3) is 5.91 Å². The summed E-state index contributed by atoms with van der Waals surface area (Å²) in [5.41, 5.74) is 0.881. The molecule has 166 valence electrons. The third-order valence-electron chi connectivity index (χ3n) is 6.09. The summed E-state index contributed by atoms with van der Waals surface area (Å²) in [7, 11) is 1.26. The highest BCUT2D eigenvalue weighted by atomic mass is 19.2. The summed E-state index contributed by atoms with van der Waals surface area (Å²) in [6.45, 7) is 8.67. The van der Waals surface area contributed by atoms with Crippen LogP contribution in [0.3, 0.4) is 0 Å². The fourth-order valence-electron chi connectivity index (χ4n) is 4.10. The largest absolute Gasteiger partial charge is 0.493 e. The van der Waals surface area contributed by atoms with Gasteiger partial charge in [0.2, 0.25) is 5.82 Å². The minimum absolute atomic E-state index is 0.215. The van der Waals surface area contributed by atoms with Crippen molar-refractivity contribution in [1.82, 2.24) is 4.98 Å². The maximum Gasteiger partial charge on any atom is 0.254 e. The summed E-state index contributed by atoms with van der Waals surface area (Å²) < 4.78 is 39.4. The second-order valence-electron chi connectivity index (χ2n) is 8.32. The van der Waals surface area contributed by atoms with Gasteiger partial charge in [0.1, 0.15) is 11.8 Å². The number of pyridine rings is 1. The standard InChI is InChI=1S/C23H26F2N2O4/c1-11-16(9-10-26-19(11)13(3)28)27-22(29)21-17(12(2)23(4,5)31-21)14-7-8-15(24)18(25)20(14)30-6/h7-10,12,17,21H,1-6H3,(H,26,27,29)/t12-,17-,21+/m0/s1. The average molecular weight is 432 g/mol. The number of ether oxygens (including phenoxy) is 2. The lowest BCUT2D eigenvalue weighted by Gasteiger charge is -2.25. The lowest BCUT2D eigenvalue weighted by molar-refractivity contribution is -0.131. The molecule has 0 radical (unpaired) electrons. The van der Waals surface area contributed by atoms with Gasteiger partial charge in [-0.3, -0.25) is 14.6 Å². The van der Waals surface area contributed by atoms with Crippen molar-refractivity contribution in [2.75, 3.05) is 12.4 Å². The van der Waals surface area contributed by atoms with Crippen LogP contribution in [0.15, 0.2) is 24.4 Å². The Morgan fingerprint density at radius 3 is 2.52 bits per heavy atom. The number of hydrogen-bond acceptors (Lipinski definition) is 5. The summed E-state index contributed by atoms with van der Waals surface area (Å²) in [6, 6.07) is 4.04. The molecule has 0 saturated carbocycles. The Balaban J connectivity index is 2.02. The highest BCUT2D eigenvalue weighted by molar-refractivity contribution is 5.99. The maximum atomic E-state index is 14.4. The molecule has 1 amide bonds. The fraction of sp³-hybridized carbons (Fsp3) is 0.435. The molecule has 1 aliphatic heterocycles. The Hall–Kier alpha value is -2.87. The zero-order valence-corrected chi connectivity index (χ0v) is 18.4. The molecule has 1 aromatic heterocycles. The highest BCUT2D eigenvalue weighted by Gasteiger charge is 2.51. The third-order valence-corrected chi connectivity index (χ3v) is 6.09. The maximum absolute atomic E-state index is 14.4. The highest BCUT2D eigenvalue weighted by Crippen LogP contribution is 2.49. The number of hydrogen-bond donors (Lipinski definition) is 1. The fourth-order valence-corrected chi connectivity index (χ4v) is 4.10. The van der Waals surface area contributed by atoms with Crippen molar-refractivity contribution in [3.8, 4) is 5.75 Å². The number of nitrogens with one attached hydrogen (secondary N) is 1. The Kier molecular flexibility index (Phi) is 6.14. The number of rotatable bonds is 5. The van der Waals surface area contributed by atoms with Crippen molar-refractivity contribution >= 4 is 17.4 Å². The van der Waals surface area contributed by atoms with Gasteiger partial charge in [0.15, 0.2) is 17.3 Å². The van der Waals surface area contributed by atoms with Gasteiger partial charge in [0, 0.05) is 35.9 Å². The van der Waals surface area contributed by atoms with E-state index < -0.39 is 35.2 Å². The second kappa shape index (κ2) is 8.34. The molecule has 31 heavy (non-hydrogen) atoms. The summed E-state index contributed by atoms with van der Waals surface area (Å²) >= 11 is 0. The first-order valence-corrected chi connectivity index (χ1v) is 9.96. The zero-order valence-electron chi connectivity index (χ0n) is 18.4. The van der Waals surface area contributed by atoms with Crippen LogP contribution in [0, 0.1) is 24.5 Å². The molecule has 1 saturated heterocycles. The predicted molar refractivity (Wildman–Crippen MR) is 111 cm³/mol. The van der Waals surface area contributed by atoms with E-state index >= 15 is 0 Å². The molecule has 3 atom stereocenters. The summed E-state index contributed by atoms with van der Waals surface area (Å²) in [5, 5.41) is 2.80. The smallest absolute Gasteiger partial charge is 0.254 e. The van der Waals surface area contributed by atoms with Crippen molar-refractivity contribution in [2.24, 2.45) is 5.92 Å². The molecule has 0 aliphatic carbocycles. The zero-order chi connectivity index (χ0) is 23.1. The molecule has 1 N–H and O–H groups in total. The number of anilines is 1. The van der Waals surface area contributed by atoms with Crippen molar-refractivity contribution < 1.29 is 27.8 Å². The minimum atomic E-state index is -1.10. The van der Waals surface area contributed by atoms with Crippen LogP contribution < -0.4 is 10.1 Å². The molecule has 1 aromatic carbocycles. The first-order valence-electron chi connectivity index (χ1n) is 9.96. The first kappa shape index (κ1) is 22.8. The average Bonchev–Trinajstić information content (AvgIpc) is 2.94. The van der Waals surface area contributed by atoms with Crippen LogP contribution in [0.5, 0.6) is 5.75 Å². The van der Waals surface area contributed by atoms with E-state index in [0.717, 1.165) is 6.07 Å². The van der Waals surface area contributed by atoms with E-state index in [2.05, 4.69) is 10.3 Å². The number of aromatic nitrogens is 1. The van der Waals surface area contributed by atoms with Crippen LogP contribution in [0.2, 0.25) is 0 Å². The van der Waals surface area contributed by atoms with Crippen LogP contribution >= 0.6 is 0 Å². The lowest BCUT2D eigenvalue weighted by atomic mass is 9.78. The van der Waals surface area contributed by atoms with E-state index in [1.165, 1.54) is 26.3 Å². The Morgan fingerprint density at radius 1 is 1.23 bits per heavy atom. The van der Waals surface area contributed by atoms with Crippen LogP contribution in [-0.4, -0.2) is 35.5 Å². The van der Waals surface area contributed by atoms with Crippen molar-refractivity contribution in [1.29, 1.82) is 0 Å². The molecular formula is C23H26F2N2O4. The van der Waals surface area contributed by atoms with Crippen molar-refractivity contribution in [3.05, 3.63) is 52.9 Å². The third kappa shape index (κ3) is 4.04. The van der Waals surface area contributed by atoms with Gasteiger partial charge < -0.3 is 14.8 Å². The number of Topliss-reactive ketones (excluding diaryl/α,β-unsaturated/α-hetero) is 1. The first-order chi connectivity index (χ1) is 14.5. The van der Waals surface area contributed by atoms with Gasteiger partial charge in [-0.05, 0) is 38.8 Å². The Labute approximate surface area is 180 Å². The molecule has 2 heterocycles. The van der Waals surface area contributed by atoms with E-state index in [4.69, 9.17) is 9.47 Å². The van der Waals surface area contributed by atoms with Crippen LogP contribution in [0.4, 0.5) is 14.5 Å². The molecule has 3 rings (SSSR count). The number of amides is 1. The molecule has 8 heteroatoms. The molecular weight excluding hydrogens is 406 g/mol. The van der Waals surface area contributed by atoms with Crippen molar-refractivity contribution in [2.45, 2.75) is 52.2 Å². The topological polar surface area (TPSA) is 77.5 Å². The molecule has 0 bridgehead atoms. The quantitative estimate of drug-likeness (QED) is 0.708. The molecule has 1 aliphatic rings.